The smallest absolute Gasteiger partial charge is 0.144 e. The molecule has 110 valence electrons. The molecule has 0 aliphatic carbocycles. The third-order valence-corrected chi connectivity index (χ3v) is 4.64. The summed E-state index contributed by atoms with van der Waals surface area (Å²) in [5.41, 5.74) is 0.139. The van der Waals surface area contributed by atoms with E-state index < -0.39 is 5.82 Å². The van der Waals surface area contributed by atoms with Gasteiger partial charge in [-0.3, -0.25) is 0 Å². The molecule has 0 aliphatic rings. The van der Waals surface area contributed by atoms with E-state index in [1.807, 2.05) is 6.07 Å². The number of rotatable bonds is 8. The van der Waals surface area contributed by atoms with E-state index >= 15 is 0 Å². The van der Waals surface area contributed by atoms with Crippen LogP contribution < -0.4 is 4.74 Å². The van der Waals surface area contributed by atoms with Crippen LogP contribution in [0.1, 0.15) is 45.1 Å². The Morgan fingerprint density at radius 3 is 2.40 bits per heavy atom. The van der Waals surface area contributed by atoms with Gasteiger partial charge in [-0.25, -0.2) is 4.39 Å². The van der Waals surface area contributed by atoms with Crippen LogP contribution in [-0.2, 0) is 0 Å². The van der Waals surface area contributed by atoms with Crippen LogP contribution in [0.15, 0.2) is 18.2 Å². The van der Waals surface area contributed by atoms with Crippen LogP contribution in [0.3, 0.4) is 0 Å². The molecule has 1 aromatic carbocycles. The highest BCUT2D eigenvalue weighted by Gasteiger charge is 2.28. The molecule has 0 fully saturated rings. The zero-order valence-corrected chi connectivity index (χ0v) is 13.7. The molecule has 0 spiro atoms. The molecule has 1 aromatic rings. The molecule has 0 bridgehead atoms. The van der Waals surface area contributed by atoms with Gasteiger partial charge < -0.3 is 4.74 Å². The number of ether oxygens (including phenoxy) is 1. The van der Waals surface area contributed by atoms with E-state index in [0.717, 1.165) is 31.0 Å². The van der Waals surface area contributed by atoms with Crippen LogP contribution in [0.4, 0.5) is 4.39 Å². The lowest BCUT2D eigenvalue weighted by molar-refractivity contribution is 0.144. The maximum absolute atomic E-state index is 13.5. The summed E-state index contributed by atoms with van der Waals surface area (Å²) in [5.74, 6) is -0.0422. The Balaban J connectivity index is 2.77. The predicted molar refractivity (Wildman–Crippen MR) is 82.7 cm³/mol. The Bertz CT molecular complexity index is 464. The van der Waals surface area contributed by atoms with Gasteiger partial charge in [-0.05, 0) is 25.0 Å². The van der Waals surface area contributed by atoms with Gasteiger partial charge in [-0.15, -0.1) is 0 Å². The summed E-state index contributed by atoms with van der Waals surface area (Å²) in [5, 5.41) is 9.58. The molecule has 0 atom stereocenters. The summed E-state index contributed by atoms with van der Waals surface area (Å²) >= 11 is 3.59. The number of nitriles is 1. The minimum absolute atomic E-state index is 0.0474. The van der Waals surface area contributed by atoms with E-state index in [1.54, 1.807) is 6.07 Å². The van der Waals surface area contributed by atoms with E-state index in [-0.39, 0.29) is 11.0 Å². The van der Waals surface area contributed by atoms with Crippen molar-refractivity contribution in [3.05, 3.63) is 29.6 Å². The number of benzene rings is 1. The van der Waals surface area contributed by atoms with Crippen LogP contribution in [0.25, 0.3) is 0 Å². The normalized spacial score (nSPS) is 11.2. The molecule has 0 amide bonds. The predicted octanol–water partition coefficient (Wildman–Crippen LogP) is 5.06. The molecule has 20 heavy (non-hydrogen) atoms. The highest BCUT2D eigenvalue weighted by molar-refractivity contribution is 9.09. The lowest BCUT2D eigenvalue weighted by Gasteiger charge is -2.31. The molecule has 1 rings (SSSR count). The van der Waals surface area contributed by atoms with Crippen LogP contribution in [0.5, 0.6) is 5.75 Å². The summed E-state index contributed by atoms with van der Waals surface area (Å²) < 4.78 is 19.3. The number of hydrogen-bond acceptors (Lipinski definition) is 2. The minimum Gasteiger partial charge on any atom is -0.493 e. The van der Waals surface area contributed by atoms with Gasteiger partial charge in [0.1, 0.15) is 17.6 Å². The van der Waals surface area contributed by atoms with Crippen LogP contribution >= 0.6 is 15.9 Å². The average molecular weight is 342 g/mol. The first-order chi connectivity index (χ1) is 9.60. The van der Waals surface area contributed by atoms with Crippen molar-refractivity contribution in [3.8, 4) is 11.8 Å². The topological polar surface area (TPSA) is 33.0 Å². The Morgan fingerprint density at radius 1 is 1.30 bits per heavy atom. The number of halogens is 2. The summed E-state index contributed by atoms with van der Waals surface area (Å²) in [6, 6.07) is 6.21. The van der Waals surface area contributed by atoms with E-state index in [4.69, 9.17) is 10.00 Å². The monoisotopic (exact) mass is 341 g/mol. The maximum atomic E-state index is 13.5. The zero-order valence-electron chi connectivity index (χ0n) is 12.1. The second kappa shape index (κ2) is 8.26. The Morgan fingerprint density at radius 2 is 1.95 bits per heavy atom. The number of hydrogen-bond donors (Lipinski definition) is 0. The van der Waals surface area contributed by atoms with Crippen molar-refractivity contribution in [2.75, 3.05) is 11.9 Å². The van der Waals surface area contributed by atoms with Crippen LogP contribution in [-0.4, -0.2) is 11.9 Å². The number of nitrogens with zero attached hydrogens (tertiary/aromatic N) is 1. The largest absolute Gasteiger partial charge is 0.493 e. The number of alkyl halides is 1. The van der Waals surface area contributed by atoms with Crippen molar-refractivity contribution in [2.45, 2.75) is 39.5 Å². The van der Waals surface area contributed by atoms with Gasteiger partial charge in [0.15, 0.2) is 0 Å². The SMILES string of the molecule is CCCC(CBr)(CCC)COc1ccc(C#N)c(F)c1. The average Bonchev–Trinajstić information content (AvgIpc) is 2.45. The molecule has 0 unspecified atom stereocenters. The summed E-state index contributed by atoms with van der Waals surface area (Å²) in [4.78, 5) is 0. The zero-order chi connectivity index (χ0) is 15.0. The molecular formula is C16H21BrFNO. The summed E-state index contributed by atoms with van der Waals surface area (Å²) in [6.07, 6.45) is 4.34. The lowest BCUT2D eigenvalue weighted by Crippen LogP contribution is -2.30. The van der Waals surface area contributed by atoms with Gasteiger partial charge in [0.2, 0.25) is 0 Å². The van der Waals surface area contributed by atoms with Crippen molar-refractivity contribution in [1.82, 2.24) is 0 Å². The molecule has 2 nitrogen and oxygen atoms in total. The van der Waals surface area contributed by atoms with Crippen molar-refractivity contribution in [3.63, 3.8) is 0 Å². The van der Waals surface area contributed by atoms with Gasteiger partial charge >= 0.3 is 0 Å². The van der Waals surface area contributed by atoms with E-state index in [1.165, 1.54) is 12.1 Å². The van der Waals surface area contributed by atoms with Crippen molar-refractivity contribution < 1.29 is 9.13 Å². The molecule has 0 heterocycles. The fourth-order valence-corrected chi connectivity index (χ4v) is 3.14. The van der Waals surface area contributed by atoms with Gasteiger partial charge in [-0.1, -0.05) is 42.6 Å². The van der Waals surface area contributed by atoms with Crippen LogP contribution in [0.2, 0.25) is 0 Å². The molecule has 0 aromatic heterocycles. The standard InChI is InChI=1S/C16H21BrFNO/c1-3-7-16(11-17,8-4-2)12-20-14-6-5-13(10-19)15(18)9-14/h5-6,9H,3-4,7-8,11-12H2,1-2H3. The quantitative estimate of drug-likeness (QED) is 0.619. The maximum Gasteiger partial charge on any atom is 0.144 e. The van der Waals surface area contributed by atoms with Gasteiger partial charge in [0.05, 0.1) is 12.2 Å². The molecule has 0 radical (unpaired) electrons. The van der Waals surface area contributed by atoms with Crippen molar-refractivity contribution in [1.29, 1.82) is 5.26 Å². The van der Waals surface area contributed by atoms with Crippen molar-refractivity contribution >= 4 is 15.9 Å². The van der Waals surface area contributed by atoms with E-state index in [9.17, 15) is 4.39 Å². The first-order valence-electron chi connectivity index (χ1n) is 6.99. The van der Waals surface area contributed by atoms with E-state index in [2.05, 4.69) is 29.8 Å². The Labute approximate surface area is 129 Å². The highest BCUT2D eigenvalue weighted by Crippen LogP contribution is 2.33. The molecule has 4 heteroatoms. The summed E-state index contributed by atoms with van der Waals surface area (Å²) in [6.45, 7) is 4.88. The molecular weight excluding hydrogens is 321 g/mol. The third kappa shape index (κ3) is 4.49. The second-order valence-corrected chi connectivity index (χ2v) is 5.74. The molecule has 0 aliphatic heterocycles. The first kappa shape index (κ1) is 17.0. The molecule has 0 saturated carbocycles. The third-order valence-electron chi connectivity index (χ3n) is 3.45. The van der Waals surface area contributed by atoms with Gasteiger partial charge in [0.25, 0.3) is 0 Å². The van der Waals surface area contributed by atoms with Gasteiger partial charge in [0, 0.05) is 16.8 Å². The van der Waals surface area contributed by atoms with Crippen molar-refractivity contribution in [2.24, 2.45) is 5.41 Å². The fourth-order valence-electron chi connectivity index (χ4n) is 2.41. The molecule has 0 saturated heterocycles. The fraction of sp³-hybridized carbons (Fsp3) is 0.562. The van der Waals surface area contributed by atoms with Crippen LogP contribution in [0, 0.1) is 22.6 Å². The minimum atomic E-state index is -0.527. The van der Waals surface area contributed by atoms with Gasteiger partial charge in [-0.2, -0.15) is 5.26 Å². The first-order valence-corrected chi connectivity index (χ1v) is 8.11. The van der Waals surface area contributed by atoms with E-state index in [0.29, 0.717) is 12.4 Å². The highest BCUT2D eigenvalue weighted by atomic mass is 79.9. The Hall–Kier alpha value is -1.08. The lowest BCUT2D eigenvalue weighted by atomic mass is 9.82. The second-order valence-electron chi connectivity index (χ2n) is 5.18. The molecule has 0 N–H and O–H groups in total. The Kier molecular flexibility index (Phi) is 7.01. The summed E-state index contributed by atoms with van der Waals surface area (Å²) in [7, 11) is 0.